The lowest BCUT2D eigenvalue weighted by atomic mass is 9.83. The average molecular weight is 325 g/mol. The highest BCUT2D eigenvalue weighted by Crippen LogP contribution is 2.35. The lowest BCUT2D eigenvalue weighted by Crippen LogP contribution is -2.44. The van der Waals surface area contributed by atoms with Crippen LogP contribution in [0.3, 0.4) is 0 Å². The second-order valence-electron chi connectivity index (χ2n) is 6.94. The largest absolute Gasteiger partial charge is 0.748 e. The van der Waals surface area contributed by atoms with Crippen LogP contribution in [0.25, 0.3) is 0 Å². The van der Waals surface area contributed by atoms with E-state index in [4.69, 9.17) is 0 Å². The van der Waals surface area contributed by atoms with Crippen molar-refractivity contribution in [2.45, 2.75) is 74.0 Å². The molecule has 0 spiro atoms. The summed E-state index contributed by atoms with van der Waals surface area (Å²) in [6.45, 7) is 13.8. The highest BCUT2D eigenvalue weighted by Gasteiger charge is 2.38. The maximum Gasteiger partial charge on any atom is 0.311 e. The molecule has 0 heterocycles. The van der Waals surface area contributed by atoms with Crippen LogP contribution in [0, 0.1) is 10.8 Å². The Morgan fingerprint density at radius 2 is 1.38 bits per heavy atom. The Morgan fingerprint density at radius 1 is 1.05 bits per heavy atom. The number of rotatable bonds is 3. The second-order valence-corrected chi connectivity index (χ2v) is 8.87. The first-order valence-corrected chi connectivity index (χ1v) is 7.99. The number of hydrogen-bond acceptors (Lipinski definition) is 5. The van der Waals surface area contributed by atoms with Gasteiger partial charge in [0.1, 0.15) is 10.1 Å². The summed E-state index contributed by atoms with van der Waals surface area (Å²) in [5, 5.41) is 0. The quantitative estimate of drug-likeness (QED) is 0.585. The van der Waals surface area contributed by atoms with Crippen LogP contribution in [0.15, 0.2) is 0 Å². The number of esters is 1. The van der Waals surface area contributed by atoms with Crippen molar-refractivity contribution in [1.29, 1.82) is 0 Å². The number of hydrogen-bond donors (Lipinski definition) is 0. The van der Waals surface area contributed by atoms with Crippen LogP contribution < -0.4 is 0 Å². The standard InChI is InChI=1S/C7H16O3S.C7H14O2.CH4/c1-6(2,3)7(4,5)11(8,9)10;1-5-7(2,3)6(8)9-4;/h1-5H3,(H,8,9,10);5H2,1-4H3;1H4/p-1. The predicted molar refractivity (Wildman–Crippen MR) is 86.1 cm³/mol. The molecule has 130 valence electrons. The van der Waals surface area contributed by atoms with Crippen molar-refractivity contribution < 1.29 is 22.5 Å². The number of methoxy groups -OCH3 is 1. The third-order valence-corrected chi connectivity index (χ3v) is 5.92. The molecule has 0 aromatic rings. The van der Waals surface area contributed by atoms with Gasteiger partial charge in [0.2, 0.25) is 0 Å². The third kappa shape index (κ3) is 7.27. The van der Waals surface area contributed by atoms with Gasteiger partial charge in [0.15, 0.2) is 0 Å². The zero-order valence-electron chi connectivity index (χ0n) is 14.2. The minimum Gasteiger partial charge on any atom is -0.748 e. The van der Waals surface area contributed by atoms with Crippen LogP contribution >= 0.6 is 0 Å². The fourth-order valence-electron chi connectivity index (χ4n) is 0.796. The SMILES string of the molecule is C.CC(C)(C)C(C)(C)S(=O)(=O)[O-].CCC(C)(C)C(=O)OC. The number of carbonyl (C=O) groups excluding carboxylic acids is 1. The van der Waals surface area contributed by atoms with Crippen LogP contribution in [0.1, 0.15) is 69.2 Å². The smallest absolute Gasteiger partial charge is 0.311 e. The van der Waals surface area contributed by atoms with Crippen molar-refractivity contribution in [3.63, 3.8) is 0 Å². The van der Waals surface area contributed by atoms with Crippen molar-refractivity contribution in [3.05, 3.63) is 0 Å². The molecule has 0 unspecified atom stereocenters. The summed E-state index contributed by atoms with van der Waals surface area (Å²) in [5.74, 6) is -0.134. The van der Waals surface area contributed by atoms with E-state index in [1.54, 1.807) is 20.8 Å². The summed E-state index contributed by atoms with van der Waals surface area (Å²) < 4.78 is 35.6. The summed E-state index contributed by atoms with van der Waals surface area (Å²) in [4.78, 5) is 10.8. The predicted octanol–water partition coefficient (Wildman–Crippen LogP) is 3.59. The van der Waals surface area contributed by atoms with Gasteiger partial charge in [-0.3, -0.25) is 4.79 Å². The van der Waals surface area contributed by atoms with E-state index in [2.05, 4.69) is 4.74 Å². The van der Waals surface area contributed by atoms with E-state index < -0.39 is 20.3 Å². The van der Waals surface area contributed by atoms with Crippen molar-refractivity contribution >= 4 is 16.1 Å². The summed E-state index contributed by atoms with van der Waals surface area (Å²) in [7, 11) is -2.79. The van der Waals surface area contributed by atoms with Gasteiger partial charge in [0.05, 0.1) is 17.3 Å². The van der Waals surface area contributed by atoms with E-state index >= 15 is 0 Å². The van der Waals surface area contributed by atoms with Crippen molar-refractivity contribution in [1.82, 2.24) is 0 Å². The molecule has 0 atom stereocenters. The fourth-order valence-corrected chi connectivity index (χ4v) is 1.55. The monoisotopic (exact) mass is 325 g/mol. The lowest BCUT2D eigenvalue weighted by molar-refractivity contribution is -0.150. The normalized spacial score (nSPS) is 12.7. The average Bonchev–Trinajstić information content (AvgIpc) is 2.25. The van der Waals surface area contributed by atoms with E-state index in [1.807, 2.05) is 20.8 Å². The van der Waals surface area contributed by atoms with Crippen molar-refractivity contribution in [2.24, 2.45) is 10.8 Å². The van der Waals surface area contributed by atoms with Gasteiger partial charge in [-0.05, 0) is 39.5 Å². The van der Waals surface area contributed by atoms with E-state index in [0.29, 0.717) is 0 Å². The molecule has 0 fully saturated rings. The topological polar surface area (TPSA) is 83.5 Å². The fraction of sp³-hybridized carbons (Fsp3) is 0.933. The Hall–Kier alpha value is -0.620. The number of ether oxygens (including phenoxy) is 1. The molecule has 21 heavy (non-hydrogen) atoms. The first kappa shape index (κ1) is 25.3. The van der Waals surface area contributed by atoms with Gasteiger partial charge in [-0.25, -0.2) is 8.42 Å². The Kier molecular flexibility index (Phi) is 9.81. The Morgan fingerprint density at radius 3 is 1.43 bits per heavy atom. The zero-order valence-corrected chi connectivity index (χ0v) is 15.0. The van der Waals surface area contributed by atoms with E-state index in [-0.39, 0.29) is 18.8 Å². The third-order valence-electron chi connectivity index (χ3n) is 4.05. The molecule has 0 bridgehead atoms. The Labute approximate surface area is 131 Å². The molecule has 0 aliphatic rings. The molecule has 0 saturated heterocycles. The molecular formula is C15H33O5S-. The van der Waals surface area contributed by atoms with Gasteiger partial charge in [0.25, 0.3) is 0 Å². The summed E-state index contributed by atoms with van der Waals surface area (Å²) in [6.07, 6.45) is 0.819. The molecule has 0 aliphatic heterocycles. The highest BCUT2D eigenvalue weighted by atomic mass is 32.2. The van der Waals surface area contributed by atoms with Crippen LogP contribution in [0.4, 0.5) is 0 Å². The molecule has 0 aromatic heterocycles. The van der Waals surface area contributed by atoms with Crippen LogP contribution in [-0.4, -0.2) is 30.8 Å². The lowest BCUT2D eigenvalue weighted by Gasteiger charge is -2.40. The maximum absolute atomic E-state index is 10.8. The Bertz CT molecular complexity index is 414. The summed E-state index contributed by atoms with van der Waals surface area (Å²) >= 11 is 0. The van der Waals surface area contributed by atoms with Gasteiger partial charge >= 0.3 is 5.97 Å². The molecule has 0 amide bonds. The van der Waals surface area contributed by atoms with E-state index in [9.17, 15) is 17.8 Å². The first-order chi connectivity index (χ1) is 8.54. The van der Waals surface area contributed by atoms with E-state index in [0.717, 1.165) is 6.42 Å². The minimum atomic E-state index is -4.21. The molecule has 0 aromatic carbocycles. The van der Waals surface area contributed by atoms with Crippen LogP contribution in [-0.2, 0) is 19.6 Å². The van der Waals surface area contributed by atoms with Gasteiger partial charge in [-0.2, -0.15) is 0 Å². The minimum absolute atomic E-state index is 0. The summed E-state index contributed by atoms with van der Waals surface area (Å²) in [5.41, 5.74) is -0.831. The molecule has 6 heteroatoms. The van der Waals surface area contributed by atoms with Gasteiger partial charge in [0, 0.05) is 0 Å². The van der Waals surface area contributed by atoms with Crippen molar-refractivity contribution in [3.8, 4) is 0 Å². The van der Waals surface area contributed by atoms with E-state index in [1.165, 1.54) is 21.0 Å². The highest BCUT2D eigenvalue weighted by molar-refractivity contribution is 7.87. The molecule has 5 nitrogen and oxygen atoms in total. The number of carbonyl (C=O) groups is 1. The Balaban J connectivity index is -0.000000300. The molecule has 0 radical (unpaired) electrons. The molecule has 0 rings (SSSR count). The molecular weight excluding hydrogens is 292 g/mol. The van der Waals surface area contributed by atoms with Gasteiger partial charge in [-0.15, -0.1) is 0 Å². The van der Waals surface area contributed by atoms with Crippen LogP contribution in [0.2, 0.25) is 0 Å². The van der Waals surface area contributed by atoms with Gasteiger partial charge < -0.3 is 9.29 Å². The first-order valence-electron chi connectivity index (χ1n) is 6.58. The second kappa shape index (κ2) is 8.13. The molecule has 0 aliphatic carbocycles. The van der Waals surface area contributed by atoms with Gasteiger partial charge in [-0.1, -0.05) is 35.1 Å². The molecule has 0 N–H and O–H groups in total. The summed E-state index contributed by atoms with van der Waals surface area (Å²) in [6, 6.07) is 0. The van der Waals surface area contributed by atoms with Crippen molar-refractivity contribution in [2.75, 3.05) is 7.11 Å². The molecule has 0 saturated carbocycles. The maximum atomic E-state index is 10.8. The van der Waals surface area contributed by atoms with Crippen LogP contribution in [0.5, 0.6) is 0 Å². The zero-order chi connectivity index (χ0) is 17.0.